The Hall–Kier alpha value is -3.08. The first-order chi connectivity index (χ1) is 14.1. The van der Waals surface area contributed by atoms with E-state index < -0.39 is 0 Å². The van der Waals surface area contributed by atoms with Gasteiger partial charge in [-0.1, -0.05) is 24.3 Å². The maximum atomic E-state index is 13.0. The molecule has 2 heterocycles. The minimum Gasteiger partial charge on any atom is -0.508 e. The molecule has 5 nitrogen and oxygen atoms in total. The van der Waals surface area contributed by atoms with Crippen LogP contribution in [0.4, 0.5) is 5.69 Å². The molecule has 29 heavy (non-hydrogen) atoms. The second-order valence-electron chi connectivity index (χ2n) is 7.75. The number of fused-ring (bicyclic) bond motifs is 1. The van der Waals surface area contributed by atoms with E-state index in [1.165, 1.54) is 5.56 Å². The Labute approximate surface area is 171 Å². The van der Waals surface area contributed by atoms with E-state index in [4.69, 9.17) is 0 Å². The molecule has 2 aliphatic rings. The topological polar surface area (TPSA) is 60.9 Å². The molecule has 0 spiro atoms. The summed E-state index contributed by atoms with van der Waals surface area (Å²) in [6.07, 6.45) is 5.12. The average molecular weight is 390 g/mol. The highest BCUT2D eigenvalue weighted by molar-refractivity contribution is 5.97. The predicted molar refractivity (Wildman–Crippen MR) is 113 cm³/mol. The van der Waals surface area contributed by atoms with Crippen LogP contribution in [-0.4, -0.2) is 41.0 Å². The van der Waals surface area contributed by atoms with E-state index in [2.05, 4.69) is 12.6 Å². The van der Waals surface area contributed by atoms with Gasteiger partial charge >= 0.3 is 0 Å². The van der Waals surface area contributed by atoms with Crippen LogP contribution in [0.25, 0.3) is 0 Å². The number of hydrogen-bond donors (Lipinski definition) is 1. The van der Waals surface area contributed by atoms with Crippen molar-refractivity contribution in [2.75, 3.05) is 18.0 Å². The number of anilines is 1. The van der Waals surface area contributed by atoms with Gasteiger partial charge in [0, 0.05) is 36.8 Å². The maximum Gasteiger partial charge on any atom is 0.253 e. The number of hydrogen-bond acceptors (Lipinski definition) is 3. The third-order valence-electron chi connectivity index (χ3n) is 5.94. The third-order valence-corrected chi connectivity index (χ3v) is 5.94. The molecule has 0 aromatic heterocycles. The summed E-state index contributed by atoms with van der Waals surface area (Å²) in [5, 5.41) is 9.93. The molecule has 0 unspecified atom stereocenters. The molecular formula is C24H26N2O3. The summed E-state index contributed by atoms with van der Waals surface area (Å²) in [5.74, 6) is 0.336. The Morgan fingerprint density at radius 1 is 1.14 bits per heavy atom. The van der Waals surface area contributed by atoms with Crippen molar-refractivity contribution in [2.45, 2.75) is 38.1 Å². The number of likely N-dealkylation sites (tertiary alicyclic amines) is 1. The molecule has 0 atom stereocenters. The maximum absolute atomic E-state index is 13.0. The van der Waals surface area contributed by atoms with Gasteiger partial charge in [0.2, 0.25) is 5.91 Å². The second-order valence-corrected chi connectivity index (χ2v) is 7.75. The van der Waals surface area contributed by atoms with Crippen molar-refractivity contribution in [2.24, 2.45) is 0 Å². The number of carbonyl (C=O) groups is 2. The minimum atomic E-state index is -0.0286. The Balaban J connectivity index is 1.46. The van der Waals surface area contributed by atoms with Gasteiger partial charge in [-0.05, 0) is 61.1 Å². The molecule has 0 bridgehead atoms. The predicted octanol–water partition coefficient (Wildman–Crippen LogP) is 3.70. The zero-order valence-electron chi connectivity index (χ0n) is 16.5. The summed E-state index contributed by atoms with van der Waals surface area (Å²) in [7, 11) is 0. The first kappa shape index (κ1) is 19.2. The fourth-order valence-electron chi connectivity index (χ4n) is 4.40. The van der Waals surface area contributed by atoms with E-state index in [1.54, 1.807) is 24.3 Å². The van der Waals surface area contributed by atoms with Crippen molar-refractivity contribution in [3.8, 4) is 5.75 Å². The van der Waals surface area contributed by atoms with Crippen LogP contribution in [-0.2, 0) is 17.6 Å². The van der Waals surface area contributed by atoms with Gasteiger partial charge < -0.3 is 14.9 Å². The number of phenolic OH excluding ortho intramolecular Hbond substituents is 1. The van der Waals surface area contributed by atoms with Gasteiger partial charge in [-0.15, -0.1) is 6.58 Å². The lowest BCUT2D eigenvalue weighted by atomic mass is 9.95. The first-order valence-corrected chi connectivity index (χ1v) is 10.2. The lowest BCUT2D eigenvalue weighted by molar-refractivity contribution is -0.119. The number of nitrogens with zero attached hydrogens (tertiary/aromatic N) is 2. The van der Waals surface area contributed by atoms with Crippen LogP contribution in [0.3, 0.4) is 0 Å². The van der Waals surface area contributed by atoms with Crippen LogP contribution >= 0.6 is 0 Å². The smallest absolute Gasteiger partial charge is 0.253 e. The number of piperidine rings is 1. The van der Waals surface area contributed by atoms with Gasteiger partial charge in [-0.2, -0.15) is 0 Å². The van der Waals surface area contributed by atoms with Gasteiger partial charge in [-0.25, -0.2) is 0 Å². The summed E-state index contributed by atoms with van der Waals surface area (Å²) in [4.78, 5) is 29.4. The second kappa shape index (κ2) is 8.11. The average Bonchev–Trinajstić information content (AvgIpc) is 2.75. The van der Waals surface area contributed by atoms with Gasteiger partial charge in [0.15, 0.2) is 0 Å². The van der Waals surface area contributed by atoms with E-state index in [0.29, 0.717) is 37.1 Å². The largest absolute Gasteiger partial charge is 0.508 e. The Bertz CT molecular complexity index is 945. The number of phenols is 1. The number of rotatable bonds is 4. The molecular weight excluding hydrogens is 364 g/mol. The zero-order chi connectivity index (χ0) is 20.4. The molecule has 150 valence electrons. The van der Waals surface area contributed by atoms with E-state index in [0.717, 1.165) is 24.9 Å². The van der Waals surface area contributed by atoms with Crippen LogP contribution in [0.15, 0.2) is 55.1 Å². The lowest BCUT2D eigenvalue weighted by Gasteiger charge is -2.41. The zero-order valence-corrected chi connectivity index (χ0v) is 16.5. The van der Waals surface area contributed by atoms with Crippen molar-refractivity contribution in [3.63, 3.8) is 0 Å². The SMILES string of the molecule is C=CCc1cc(C(=O)N2CCC(N3C(=O)CCc4ccccc43)CC2)ccc1O. The summed E-state index contributed by atoms with van der Waals surface area (Å²) in [6, 6.07) is 13.2. The molecule has 2 aromatic rings. The van der Waals surface area contributed by atoms with Crippen molar-refractivity contribution >= 4 is 17.5 Å². The summed E-state index contributed by atoms with van der Waals surface area (Å²) in [6.45, 7) is 4.93. The lowest BCUT2D eigenvalue weighted by Crippen LogP contribution is -2.50. The van der Waals surface area contributed by atoms with Crippen LogP contribution in [0.1, 0.15) is 40.7 Å². The molecule has 2 aliphatic heterocycles. The van der Waals surface area contributed by atoms with Gasteiger partial charge in [0.25, 0.3) is 5.91 Å². The van der Waals surface area contributed by atoms with Crippen molar-refractivity contribution in [1.82, 2.24) is 4.90 Å². The standard InChI is InChI=1S/C24H26N2O3/c1-2-5-18-16-19(8-10-22(18)27)24(29)25-14-12-20(13-15-25)26-21-7-4-3-6-17(21)9-11-23(26)28/h2-4,6-8,10,16,20,27H,1,5,9,11-15H2. The van der Waals surface area contributed by atoms with Crippen LogP contribution in [0, 0.1) is 0 Å². The van der Waals surface area contributed by atoms with E-state index in [-0.39, 0.29) is 23.6 Å². The summed E-state index contributed by atoms with van der Waals surface area (Å²) >= 11 is 0. The normalized spacial score (nSPS) is 17.2. The molecule has 2 amide bonds. The van der Waals surface area contributed by atoms with E-state index in [1.807, 2.05) is 28.0 Å². The Morgan fingerprint density at radius 3 is 2.66 bits per heavy atom. The molecule has 0 saturated carbocycles. The number of benzene rings is 2. The molecule has 0 radical (unpaired) electrons. The highest BCUT2D eigenvalue weighted by Crippen LogP contribution is 2.32. The van der Waals surface area contributed by atoms with Gasteiger partial charge in [0.05, 0.1) is 0 Å². The first-order valence-electron chi connectivity index (χ1n) is 10.2. The number of amides is 2. The fourth-order valence-corrected chi connectivity index (χ4v) is 4.40. The van der Waals surface area contributed by atoms with Crippen LogP contribution in [0.5, 0.6) is 5.75 Å². The molecule has 4 rings (SSSR count). The number of aryl methyl sites for hydroxylation is 1. The number of allylic oxidation sites excluding steroid dienone is 1. The number of carbonyl (C=O) groups excluding carboxylic acids is 2. The van der Waals surface area contributed by atoms with E-state index in [9.17, 15) is 14.7 Å². The summed E-state index contributed by atoms with van der Waals surface area (Å²) in [5.41, 5.74) is 3.54. The quantitative estimate of drug-likeness (QED) is 0.810. The highest BCUT2D eigenvalue weighted by atomic mass is 16.3. The van der Waals surface area contributed by atoms with E-state index >= 15 is 0 Å². The molecule has 5 heteroatoms. The van der Waals surface area contributed by atoms with Gasteiger partial charge in [0.1, 0.15) is 5.75 Å². The van der Waals surface area contributed by atoms with Crippen molar-refractivity contribution in [3.05, 3.63) is 71.8 Å². The molecule has 1 fully saturated rings. The van der Waals surface area contributed by atoms with Crippen molar-refractivity contribution < 1.29 is 14.7 Å². The highest BCUT2D eigenvalue weighted by Gasteiger charge is 2.33. The number of aromatic hydroxyl groups is 1. The monoisotopic (exact) mass is 390 g/mol. The van der Waals surface area contributed by atoms with Crippen molar-refractivity contribution in [1.29, 1.82) is 0 Å². The number of para-hydroxylation sites is 1. The third kappa shape index (κ3) is 3.77. The molecule has 1 N–H and O–H groups in total. The minimum absolute atomic E-state index is 0.0286. The molecule has 2 aromatic carbocycles. The Morgan fingerprint density at radius 2 is 1.90 bits per heavy atom. The van der Waals surface area contributed by atoms with Crippen LogP contribution in [0.2, 0.25) is 0 Å². The molecule has 1 saturated heterocycles. The Kier molecular flexibility index (Phi) is 5.38. The fraction of sp³-hybridized carbons (Fsp3) is 0.333. The summed E-state index contributed by atoms with van der Waals surface area (Å²) < 4.78 is 0. The van der Waals surface area contributed by atoms with Crippen LogP contribution < -0.4 is 4.90 Å². The van der Waals surface area contributed by atoms with Gasteiger partial charge in [-0.3, -0.25) is 9.59 Å². The molecule has 0 aliphatic carbocycles.